The van der Waals surface area contributed by atoms with Gasteiger partial charge in [0.1, 0.15) is 5.82 Å². The van der Waals surface area contributed by atoms with Gasteiger partial charge in [-0.05, 0) is 25.0 Å². The second kappa shape index (κ2) is 7.23. The van der Waals surface area contributed by atoms with Crippen molar-refractivity contribution in [1.82, 2.24) is 4.98 Å². The zero-order valence-electron chi connectivity index (χ0n) is 9.83. The molecule has 1 rings (SSSR count). The molecular weight excluding hydrogens is 222 g/mol. The third-order valence-corrected chi connectivity index (χ3v) is 2.36. The molecule has 0 aliphatic carbocycles. The van der Waals surface area contributed by atoms with E-state index in [2.05, 4.69) is 29.4 Å². The summed E-state index contributed by atoms with van der Waals surface area (Å²) >= 11 is 5.75. The predicted molar refractivity (Wildman–Crippen MR) is 70.1 cm³/mol. The largest absolute Gasteiger partial charge is 0.261 e. The van der Waals surface area contributed by atoms with Gasteiger partial charge in [0.2, 0.25) is 0 Å². The van der Waals surface area contributed by atoms with Crippen LogP contribution in [0.4, 0.5) is 5.82 Å². The zero-order chi connectivity index (χ0) is 11.8. The van der Waals surface area contributed by atoms with Crippen LogP contribution in [0, 0.1) is 0 Å². The summed E-state index contributed by atoms with van der Waals surface area (Å²) in [6.07, 6.45) is 5.92. The van der Waals surface area contributed by atoms with Crippen LogP contribution in [0.25, 0.3) is 0 Å². The lowest BCUT2D eigenvalue weighted by Crippen LogP contribution is -2.02. The third-order valence-electron chi connectivity index (χ3n) is 2.13. The average molecular weight is 240 g/mol. The fraction of sp³-hybridized carbons (Fsp3) is 0.500. The number of anilines is 1. The standard InChI is InChI=1S/C12H18ClN3/c1-3-5-11(6-4-2)15-16-12-8-7-10(13)9-14-12/h7-9H,3-6H2,1-2H3,(H,14,16). The lowest BCUT2D eigenvalue weighted by Gasteiger charge is -2.04. The highest BCUT2D eigenvalue weighted by molar-refractivity contribution is 6.30. The van der Waals surface area contributed by atoms with Gasteiger partial charge < -0.3 is 0 Å². The van der Waals surface area contributed by atoms with Crippen molar-refractivity contribution >= 4 is 23.1 Å². The van der Waals surface area contributed by atoms with E-state index in [1.54, 1.807) is 12.3 Å². The molecule has 1 aromatic rings. The number of rotatable bonds is 6. The second-order valence-electron chi connectivity index (χ2n) is 3.65. The van der Waals surface area contributed by atoms with Crippen molar-refractivity contribution < 1.29 is 0 Å². The molecular formula is C12H18ClN3. The number of hydrazone groups is 1. The number of hydrogen-bond acceptors (Lipinski definition) is 3. The van der Waals surface area contributed by atoms with Crippen LogP contribution in [0.3, 0.4) is 0 Å². The number of aromatic nitrogens is 1. The van der Waals surface area contributed by atoms with E-state index >= 15 is 0 Å². The molecule has 16 heavy (non-hydrogen) atoms. The quantitative estimate of drug-likeness (QED) is 0.599. The van der Waals surface area contributed by atoms with Crippen LogP contribution in [0.15, 0.2) is 23.4 Å². The molecule has 0 saturated heterocycles. The van der Waals surface area contributed by atoms with Gasteiger partial charge in [-0.15, -0.1) is 0 Å². The van der Waals surface area contributed by atoms with Crippen LogP contribution in [-0.4, -0.2) is 10.7 Å². The first-order valence-electron chi connectivity index (χ1n) is 5.69. The van der Waals surface area contributed by atoms with E-state index in [9.17, 15) is 0 Å². The van der Waals surface area contributed by atoms with Gasteiger partial charge in [0, 0.05) is 11.9 Å². The van der Waals surface area contributed by atoms with E-state index < -0.39 is 0 Å². The first kappa shape index (κ1) is 13.0. The van der Waals surface area contributed by atoms with Crippen LogP contribution in [0.1, 0.15) is 39.5 Å². The van der Waals surface area contributed by atoms with Gasteiger partial charge in [-0.25, -0.2) is 4.98 Å². The molecule has 1 heterocycles. The van der Waals surface area contributed by atoms with Crippen molar-refractivity contribution in [3.8, 4) is 0 Å². The van der Waals surface area contributed by atoms with Gasteiger partial charge in [0.05, 0.1) is 5.02 Å². The molecule has 0 radical (unpaired) electrons. The molecule has 0 spiro atoms. The normalized spacial score (nSPS) is 9.94. The van der Waals surface area contributed by atoms with Crippen molar-refractivity contribution in [2.24, 2.45) is 5.10 Å². The van der Waals surface area contributed by atoms with Gasteiger partial charge in [0.15, 0.2) is 0 Å². The number of pyridine rings is 1. The van der Waals surface area contributed by atoms with Gasteiger partial charge >= 0.3 is 0 Å². The summed E-state index contributed by atoms with van der Waals surface area (Å²) in [6.45, 7) is 4.32. The predicted octanol–water partition coefficient (Wildman–Crippen LogP) is 4.10. The number of nitrogens with one attached hydrogen (secondary N) is 1. The van der Waals surface area contributed by atoms with E-state index in [0.717, 1.165) is 31.5 Å². The number of hydrogen-bond donors (Lipinski definition) is 1. The Morgan fingerprint density at radius 3 is 2.50 bits per heavy atom. The Morgan fingerprint density at radius 1 is 1.31 bits per heavy atom. The maximum Gasteiger partial charge on any atom is 0.146 e. The molecule has 0 aliphatic heterocycles. The van der Waals surface area contributed by atoms with E-state index in [4.69, 9.17) is 11.6 Å². The van der Waals surface area contributed by atoms with Crippen LogP contribution < -0.4 is 5.43 Å². The lowest BCUT2D eigenvalue weighted by molar-refractivity contribution is 0.908. The highest BCUT2D eigenvalue weighted by Crippen LogP contribution is 2.10. The summed E-state index contributed by atoms with van der Waals surface area (Å²) in [6, 6.07) is 3.62. The molecule has 1 aromatic heterocycles. The van der Waals surface area contributed by atoms with Crippen molar-refractivity contribution in [2.45, 2.75) is 39.5 Å². The molecule has 0 atom stereocenters. The second-order valence-corrected chi connectivity index (χ2v) is 4.09. The van der Waals surface area contributed by atoms with Crippen LogP contribution in [0.2, 0.25) is 5.02 Å². The molecule has 0 saturated carbocycles. The smallest absolute Gasteiger partial charge is 0.146 e. The summed E-state index contributed by atoms with van der Waals surface area (Å²) in [7, 11) is 0. The molecule has 3 nitrogen and oxygen atoms in total. The minimum absolute atomic E-state index is 0.636. The maximum absolute atomic E-state index is 5.75. The Hall–Kier alpha value is -1.09. The molecule has 0 unspecified atom stereocenters. The Morgan fingerprint density at radius 2 is 2.00 bits per heavy atom. The van der Waals surface area contributed by atoms with Gasteiger partial charge in [-0.2, -0.15) is 5.10 Å². The monoisotopic (exact) mass is 239 g/mol. The third kappa shape index (κ3) is 4.62. The maximum atomic E-state index is 5.75. The number of halogens is 1. The van der Waals surface area contributed by atoms with Gasteiger partial charge in [0.25, 0.3) is 0 Å². The Kier molecular flexibility index (Phi) is 5.86. The zero-order valence-corrected chi connectivity index (χ0v) is 10.6. The van der Waals surface area contributed by atoms with Crippen molar-refractivity contribution in [3.63, 3.8) is 0 Å². The highest BCUT2D eigenvalue weighted by Gasteiger charge is 1.97. The Labute approximate surface area is 102 Å². The van der Waals surface area contributed by atoms with Crippen molar-refractivity contribution in [2.75, 3.05) is 5.43 Å². The van der Waals surface area contributed by atoms with E-state index in [1.807, 2.05) is 6.07 Å². The molecule has 0 aromatic carbocycles. The summed E-state index contributed by atoms with van der Waals surface area (Å²) in [5, 5.41) is 5.00. The summed E-state index contributed by atoms with van der Waals surface area (Å²) in [4.78, 5) is 4.12. The average Bonchev–Trinajstić information content (AvgIpc) is 2.29. The van der Waals surface area contributed by atoms with Crippen LogP contribution >= 0.6 is 11.6 Å². The van der Waals surface area contributed by atoms with Crippen LogP contribution in [-0.2, 0) is 0 Å². The minimum atomic E-state index is 0.636. The molecule has 88 valence electrons. The molecule has 0 bridgehead atoms. The molecule has 0 aliphatic rings. The summed E-state index contributed by atoms with van der Waals surface area (Å²) in [5.41, 5.74) is 4.16. The molecule has 4 heteroatoms. The van der Waals surface area contributed by atoms with E-state index in [-0.39, 0.29) is 0 Å². The van der Waals surface area contributed by atoms with Crippen molar-refractivity contribution in [1.29, 1.82) is 0 Å². The highest BCUT2D eigenvalue weighted by atomic mass is 35.5. The fourth-order valence-corrected chi connectivity index (χ4v) is 1.50. The number of nitrogens with zero attached hydrogens (tertiary/aromatic N) is 2. The van der Waals surface area contributed by atoms with Crippen LogP contribution in [0.5, 0.6) is 0 Å². The first-order valence-corrected chi connectivity index (χ1v) is 6.07. The Bertz CT molecular complexity index is 325. The molecule has 0 fully saturated rings. The van der Waals surface area contributed by atoms with E-state index in [0.29, 0.717) is 5.02 Å². The summed E-state index contributed by atoms with van der Waals surface area (Å²) < 4.78 is 0. The van der Waals surface area contributed by atoms with E-state index in [1.165, 1.54) is 5.71 Å². The van der Waals surface area contributed by atoms with Gasteiger partial charge in [-0.1, -0.05) is 38.3 Å². The first-order chi connectivity index (χ1) is 7.76. The lowest BCUT2D eigenvalue weighted by atomic mass is 10.1. The van der Waals surface area contributed by atoms with Gasteiger partial charge in [-0.3, -0.25) is 5.43 Å². The Balaban J connectivity index is 2.57. The topological polar surface area (TPSA) is 37.3 Å². The van der Waals surface area contributed by atoms with Crippen molar-refractivity contribution in [3.05, 3.63) is 23.4 Å². The fourth-order valence-electron chi connectivity index (χ4n) is 1.39. The minimum Gasteiger partial charge on any atom is -0.261 e. The summed E-state index contributed by atoms with van der Waals surface area (Å²) in [5.74, 6) is 0.731. The SMILES string of the molecule is CCCC(CCC)=NNc1ccc(Cl)cn1. The molecule has 1 N–H and O–H groups in total. The molecule has 0 amide bonds.